The van der Waals surface area contributed by atoms with Crippen LogP contribution < -0.4 is 19.5 Å². The molecule has 0 unspecified atom stereocenters. The zero-order valence-corrected chi connectivity index (χ0v) is 18.7. The molecule has 1 aliphatic carbocycles. The Morgan fingerprint density at radius 2 is 1.55 bits per heavy atom. The molecule has 1 fully saturated rings. The van der Waals surface area contributed by atoms with E-state index in [0.717, 1.165) is 12.8 Å². The minimum atomic E-state index is -3.31. The van der Waals surface area contributed by atoms with E-state index in [-0.39, 0.29) is 11.2 Å². The largest absolute Gasteiger partial charge is 0.493 e. The highest BCUT2D eigenvalue weighted by molar-refractivity contribution is 7.92. The zero-order valence-electron chi connectivity index (χ0n) is 17.9. The van der Waals surface area contributed by atoms with Gasteiger partial charge in [-0.15, -0.1) is 0 Å². The van der Waals surface area contributed by atoms with E-state index >= 15 is 0 Å². The average molecular weight is 446 g/mol. The number of methoxy groups -OCH3 is 3. The molecule has 0 aliphatic heterocycles. The van der Waals surface area contributed by atoms with Crippen molar-refractivity contribution in [2.75, 3.05) is 26.6 Å². The van der Waals surface area contributed by atoms with Crippen LogP contribution in [0.5, 0.6) is 17.2 Å². The molecular formula is C23H27NO6S. The Bertz CT molecular complexity index is 1030. The number of carbonyl (C=O) groups excluding carboxylic acids is 1. The maximum atomic E-state index is 12.6. The molecule has 3 rings (SSSR count). The third-order valence-corrected chi connectivity index (χ3v) is 7.58. The Kier molecular flexibility index (Phi) is 7.22. The van der Waals surface area contributed by atoms with Crippen molar-refractivity contribution < 1.29 is 27.4 Å². The van der Waals surface area contributed by atoms with Crippen LogP contribution in [0, 0.1) is 0 Å². The number of sulfone groups is 1. The summed E-state index contributed by atoms with van der Waals surface area (Å²) in [5.74, 6) is 1.10. The first-order valence-corrected chi connectivity index (χ1v) is 11.6. The Labute approximate surface area is 182 Å². The van der Waals surface area contributed by atoms with Crippen LogP contribution in [0.3, 0.4) is 0 Å². The molecule has 2 aromatic rings. The van der Waals surface area contributed by atoms with Gasteiger partial charge in [-0.2, -0.15) is 0 Å². The molecule has 0 saturated heterocycles. The summed E-state index contributed by atoms with van der Waals surface area (Å²) in [5, 5.41) is 2.44. The first-order valence-electron chi connectivity index (χ1n) is 10.0. The second-order valence-electron chi connectivity index (χ2n) is 7.26. The van der Waals surface area contributed by atoms with Gasteiger partial charge in [0, 0.05) is 11.8 Å². The summed E-state index contributed by atoms with van der Waals surface area (Å²) in [6.07, 6.45) is 6.34. The first-order chi connectivity index (χ1) is 14.9. The Morgan fingerprint density at radius 3 is 2.06 bits per heavy atom. The predicted molar refractivity (Wildman–Crippen MR) is 120 cm³/mol. The highest BCUT2D eigenvalue weighted by atomic mass is 32.2. The molecule has 0 spiro atoms. The lowest BCUT2D eigenvalue weighted by molar-refractivity contribution is -0.111. The average Bonchev–Trinajstić information content (AvgIpc) is 3.33. The number of nitrogens with one attached hydrogen (secondary N) is 1. The van der Waals surface area contributed by atoms with Crippen LogP contribution in [-0.2, 0) is 14.6 Å². The van der Waals surface area contributed by atoms with Gasteiger partial charge in [0.2, 0.25) is 11.7 Å². The summed E-state index contributed by atoms with van der Waals surface area (Å²) in [5.41, 5.74) is 1.22. The molecule has 31 heavy (non-hydrogen) atoms. The summed E-state index contributed by atoms with van der Waals surface area (Å²) < 4.78 is 41.2. The molecule has 1 amide bonds. The number of hydrogen-bond donors (Lipinski definition) is 1. The standard InChI is InChI=1S/C23H27NO6S/c1-28-20-14-16(15-21(29-2)23(20)30-3)8-13-22(25)24-17-9-11-19(12-10-17)31(26,27)18-6-4-5-7-18/h8-15,18H,4-7H2,1-3H3,(H,24,25)/b13-8+. The fourth-order valence-corrected chi connectivity index (χ4v) is 5.53. The van der Waals surface area contributed by atoms with Gasteiger partial charge in [-0.05, 0) is 60.9 Å². The fraction of sp³-hybridized carbons (Fsp3) is 0.348. The summed E-state index contributed by atoms with van der Waals surface area (Å²) in [6.45, 7) is 0. The van der Waals surface area contributed by atoms with Gasteiger partial charge in [-0.1, -0.05) is 12.8 Å². The van der Waals surface area contributed by atoms with Crippen molar-refractivity contribution in [3.63, 3.8) is 0 Å². The lowest BCUT2D eigenvalue weighted by Crippen LogP contribution is -2.17. The van der Waals surface area contributed by atoms with E-state index in [1.165, 1.54) is 27.4 Å². The zero-order chi connectivity index (χ0) is 22.4. The van der Waals surface area contributed by atoms with Gasteiger partial charge in [0.15, 0.2) is 21.3 Å². The van der Waals surface area contributed by atoms with E-state index in [4.69, 9.17) is 14.2 Å². The van der Waals surface area contributed by atoms with Crippen molar-refractivity contribution in [2.45, 2.75) is 35.8 Å². The Morgan fingerprint density at radius 1 is 0.968 bits per heavy atom. The van der Waals surface area contributed by atoms with E-state index < -0.39 is 9.84 Å². The molecule has 1 saturated carbocycles. The van der Waals surface area contributed by atoms with Crippen LogP contribution in [-0.4, -0.2) is 40.9 Å². The third kappa shape index (κ3) is 5.19. The van der Waals surface area contributed by atoms with Gasteiger partial charge in [0.1, 0.15) is 0 Å². The number of carbonyl (C=O) groups is 1. The van der Waals surface area contributed by atoms with Crippen molar-refractivity contribution in [3.8, 4) is 17.2 Å². The van der Waals surface area contributed by atoms with Crippen LogP contribution in [0.1, 0.15) is 31.2 Å². The topological polar surface area (TPSA) is 90.9 Å². The van der Waals surface area contributed by atoms with E-state index in [9.17, 15) is 13.2 Å². The van der Waals surface area contributed by atoms with Crippen molar-refractivity contribution in [1.29, 1.82) is 0 Å². The summed E-state index contributed by atoms with van der Waals surface area (Å²) in [6, 6.07) is 9.76. The van der Waals surface area contributed by atoms with Gasteiger partial charge < -0.3 is 19.5 Å². The molecule has 1 N–H and O–H groups in total. The molecule has 8 heteroatoms. The number of anilines is 1. The molecular weight excluding hydrogens is 418 g/mol. The van der Waals surface area contributed by atoms with Gasteiger partial charge in [0.05, 0.1) is 31.5 Å². The van der Waals surface area contributed by atoms with E-state index in [1.54, 1.807) is 42.5 Å². The molecule has 0 bridgehead atoms. The number of rotatable bonds is 8. The van der Waals surface area contributed by atoms with Gasteiger partial charge in [-0.25, -0.2) is 8.42 Å². The smallest absolute Gasteiger partial charge is 0.248 e. The SMILES string of the molecule is COc1cc(/C=C/C(=O)Nc2ccc(S(=O)(=O)C3CCCC3)cc2)cc(OC)c1OC. The highest BCUT2D eigenvalue weighted by Gasteiger charge is 2.30. The summed E-state index contributed by atoms with van der Waals surface area (Å²) in [7, 11) is 1.26. The van der Waals surface area contributed by atoms with Gasteiger partial charge >= 0.3 is 0 Å². The molecule has 0 atom stereocenters. The van der Waals surface area contributed by atoms with Crippen molar-refractivity contribution in [3.05, 3.63) is 48.0 Å². The molecule has 166 valence electrons. The summed E-state index contributed by atoms with van der Waals surface area (Å²) in [4.78, 5) is 12.6. The molecule has 0 heterocycles. The van der Waals surface area contributed by atoms with Crippen molar-refractivity contribution in [1.82, 2.24) is 0 Å². The summed E-state index contributed by atoms with van der Waals surface area (Å²) >= 11 is 0. The number of amides is 1. The molecule has 0 aromatic heterocycles. The minimum absolute atomic E-state index is 0.297. The third-order valence-electron chi connectivity index (χ3n) is 5.31. The Balaban J connectivity index is 1.69. The van der Waals surface area contributed by atoms with Crippen LogP contribution in [0.25, 0.3) is 6.08 Å². The van der Waals surface area contributed by atoms with Crippen LogP contribution >= 0.6 is 0 Å². The van der Waals surface area contributed by atoms with E-state index in [1.807, 2.05) is 0 Å². The van der Waals surface area contributed by atoms with Crippen LogP contribution in [0.15, 0.2) is 47.4 Å². The number of benzene rings is 2. The first kappa shape index (κ1) is 22.7. The lowest BCUT2D eigenvalue weighted by atomic mass is 10.1. The van der Waals surface area contributed by atoms with E-state index in [0.29, 0.717) is 46.2 Å². The van der Waals surface area contributed by atoms with E-state index in [2.05, 4.69) is 5.32 Å². The van der Waals surface area contributed by atoms with Crippen molar-refractivity contribution in [2.24, 2.45) is 0 Å². The number of hydrogen-bond acceptors (Lipinski definition) is 6. The molecule has 0 radical (unpaired) electrons. The normalized spacial score (nSPS) is 14.5. The quantitative estimate of drug-likeness (QED) is 0.616. The highest BCUT2D eigenvalue weighted by Crippen LogP contribution is 2.38. The van der Waals surface area contributed by atoms with Gasteiger partial charge in [-0.3, -0.25) is 4.79 Å². The fourth-order valence-electron chi connectivity index (χ4n) is 3.67. The van der Waals surface area contributed by atoms with Crippen molar-refractivity contribution >= 4 is 27.5 Å². The maximum absolute atomic E-state index is 12.6. The number of ether oxygens (including phenoxy) is 3. The second kappa shape index (κ2) is 9.87. The Hall–Kier alpha value is -3.00. The molecule has 2 aromatic carbocycles. The molecule has 1 aliphatic rings. The minimum Gasteiger partial charge on any atom is -0.493 e. The van der Waals surface area contributed by atoms with Crippen LogP contribution in [0.4, 0.5) is 5.69 Å². The second-order valence-corrected chi connectivity index (χ2v) is 9.49. The predicted octanol–water partition coefficient (Wildman–Crippen LogP) is 4.08. The van der Waals surface area contributed by atoms with Crippen LogP contribution in [0.2, 0.25) is 0 Å². The van der Waals surface area contributed by atoms with Gasteiger partial charge in [0.25, 0.3) is 0 Å². The molecule has 7 nitrogen and oxygen atoms in total. The monoisotopic (exact) mass is 445 g/mol. The maximum Gasteiger partial charge on any atom is 0.248 e. The lowest BCUT2D eigenvalue weighted by Gasteiger charge is -2.13.